The number of rotatable bonds is 8. The second kappa shape index (κ2) is 12.1. The molecular formula is C33H30N3O3S+. The lowest BCUT2D eigenvalue weighted by molar-refractivity contribution is -0.478. The zero-order chi connectivity index (χ0) is 28.1. The summed E-state index contributed by atoms with van der Waals surface area (Å²) in [5.41, 5.74) is 5.92. The Balaban J connectivity index is 1.33. The van der Waals surface area contributed by atoms with Crippen molar-refractivity contribution in [3.63, 3.8) is 0 Å². The van der Waals surface area contributed by atoms with Crippen LogP contribution in [0, 0.1) is 12.3 Å². The third-order valence-corrected chi connectivity index (χ3v) is 7.79. The van der Waals surface area contributed by atoms with Crippen LogP contribution in [0.5, 0.6) is 0 Å². The van der Waals surface area contributed by atoms with Gasteiger partial charge in [-0.3, -0.25) is 5.41 Å². The molecule has 0 bridgehead atoms. The van der Waals surface area contributed by atoms with Gasteiger partial charge in [0.05, 0.1) is 0 Å². The number of hydrogen-bond acceptors (Lipinski definition) is 5. The van der Waals surface area contributed by atoms with Crippen LogP contribution in [0.25, 0.3) is 18.2 Å². The highest BCUT2D eigenvalue weighted by Gasteiger charge is 2.25. The van der Waals surface area contributed by atoms with E-state index in [0.29, 0.717) is 10.6 Å². The number of benzene rings is 3. The van der Waals surface area contributed by atoms with E-state index in [9.17, 15) is 14.7 Å². The van der Waals surface area contributed by atoms with E-state index < -0.39 is 17.6 Å². The number of aryl methyl sites for hydroxylation is 2. The summed E-state index contributed by atoms with van der Waals surface area (Å²) >= 11 is 1.43. The summed E-state index contributed by atoms with van der Waals surface area (Å²) in [6, 6.07) is 27.9. The van der Waals surface area contributed by atoms with E-state index in [2.05, 4.69) is 60.4 Å². The van der Waals surface area contributed by atoms with Crippen LogP contribution in [0.4, 0.5) is 17.1 Å². The number of hydrogen-bond donors (Lipinski definition) is 3. The van der Waals surface area contributed by atoms with Gasteiger partial charge in [-0.25, -0.2) is 14.9 Å². The Kier molecular flexibility index (Phi) is 8.15. The predicted molar refractivity (Wildman–Crippen MR) is 163 cm³/mol. The lowest BCUT2D eigenvalue weighted by atomic mass is 9.98. The quantitative estimate of drug-likeness (QED) is 0.138. The number of thiophene rings is 1. The van der Waals surface area contributed by atoms with Crippen LogP contribution >= 0.6 is 11.3 Å². The zero-order valence-electron chi connectivity index (χ0n) is 22.1. The van der Waals surface area contributed by atoms with Gasteiger partial charge in [-0.2, -0.15) is 0 Å². The minimum atomic E-state index is -1.44. The van der Waals surface area contributed by atoms with E-state index >= 15 is 0 Å². The van der Waals surface area contributed by atoms with Crippen molar-refractivity contribution in [1.29, 1.82) is 5.41 Å². The predicted octanol–water partition coefficient (Wildman–Crippen LogP) is 6.22. The van der Waals surface area contributed by atoms with E-state index in [1.165, 1.54) is 45.2 Å². The number of nitrogens with two attached hydrogens (primary N) is 1. The molecule has 5 rings (SSSR count). The number of quaternary nitrogens is 1. The van der Waals surface area contributed by atoms with Gasteiger partial charge >= 0.3 is 11.9 Å². The Morgan fingerprint density at radius 1 is 0.950 bits per heavy atom. The molecule has 4 N–H and O–H groups in total. The fourth-order valence-corrected chi connectivity index (χ4v) is 5.59. The lowest BCUT2D eigenvalue weighted by Crippen LogP contribution is -2.83. The highest BCUT2D eigenvalue weighted by atomic mass is 32.1. The number of carboxylic acid groups (broad SMARTS) is 1. The summed E-state index contributed by atoms with van der Waals surface area (Å²) in [6.07, 6.45) is 7.71. The summed E-state index contributed by atoms with van der Waals surface area (Å²) in [5.74, 6) is -1.95. The Labute approximate surface area is 237 Å². The lowest BCUT2D eigenvalue weighted by Gasteiger charge is -2.31. The molecule has 0 unspecified atom stereocenters. The van der Waals surface area contributed by atoms with Crippen LogP contribution in [-0.2, 0) is 16.0 Å². The monoisotopic (exact) mass is 548 g/mol. The van der Waals surface area contributed by atoms with Crippen LogP contribution in [0.1, 0.15) is 32.9 Å². The number of carbonyl (C=O) groups is 2. The molecule has 6 nitrogen and oxygen atoms in total. The van der Waals surface area contributed by atoms with Gasteiger partial charge in [-0.1, -0.05) is 48.0 Å². The first-order chi connectivity index (χ1) is 19.4. The summed E-state index contributed by atoms with van der Waals surface area (Å²) in [4.78, 5) is 28.5. The number of fused-ring (bicyclic) bond motifs is 1. The Morgan fingerprint density at radius 2 is 1.70 bits per heavy atom. The minimum Gasteiger partial charge on any atom is -0.477 e. The molecule has 4 aromatic rings. The highest BCUT2D eigenvalue weighted by molar-refractivity contribution is 7.13. The van der Waals surface area contributed by atoms with Crippen LogP contribution < -0.4 is 10.2 Å². The minimum absolute atomic E-state index is 0.151. The molecule has 3 aromatic carbocycles. The van der Waals surface area contributed by atoms with Gasteiger partial charge in [-0.15, -0.1) is 11.3 Å². The smallest absolute Gasteiger partial charge is 0.354 e. The van der Waals surface area contributed by atoms with Crippen LogP contribution in [0.15, 0.2) is 90.5 Å². The maximum absolute atomic E-state index is 12.9. The van der Waals surface area contributed by atoms with Crippen molar-refractivity contribution in [2.75, 3.05) is 11.4 Å². The maximum Gasteiger partial charge on any atom is 0.354 e. The third kappa shape index (κ3) is 6.34. The molecule has 0 saturated carbocycles. The van der Waals surface area contributed by atoms with Gasteiger partial charge < -0.3 is 10.0 Å². The molecule has 2 heterocycles. The summed E-state index contributed by atoms with van der Waals surface area (Å²) in [6.45, 7) is 3.10. The van der Waals surface area contributed by atoms with Crippen molar-refractivity contribution in [3.8, 4) is 0 Å². The van der Waals surface area contributed by atoms with E-state index in [0.717, 1.165) is 29.8 Å². The number of carboxylic acids is 1. The molecule has 1 aliphatic rings. The van der Waals surface area contributed by atoms with Gasteiger partial charge in [0.15, 0.2) is 5.71 Å². The van der Waals surface area contributed by atoms with Crippen molar-refractivity contribution < 1.29 is 20.0 Å². The summed E-state index contributed by atoms with van der Waals surface area (Å²) < 4.78 is 0. The molecule has 1 aromatic heterocycles. The summed E-state index contributed by atoms with van der Waals surface area (Å²) in [7, 11) is 0. The number of anilines is 2. The molecule has 0 atom stereocenters. The Morgan fingerprint density at radius 3 is 2.45 bits per heavy atom. The fraction of sp³-hybridized carbons (Fsp3) is 0.121. The number of primary amides is 1. The highest BCUT2D eigenvalue weighted by Crippen LogP contribution is 2.34. The topological polar surface area (TPSA) is 98.1 Å². The first-order valence-corrected chi connectivity index (χ1v) is 13.9. The van der Waals surface area contributed by atoms with E-state index in [1.54, 1.807) is 24.3 Å². The standard InChI is InChI=1S/C33H29N3O3S/c1-22-9-13-26(14-10-22)36-19-5-6-24-20-23(12-18-30(24)36)11-15-27-16-17-28(40-27)21-29(31(34)33(38)39)32(37)35-25-7-3-2-4-8-25/h2-4,7-18,20-21,34H,5-6,19H2,1H3,(H,35,37)(H,38,39)/p+1/b15-11+,29-21-,34-31?. The molecule has 40 heavy (non-hydrogen) atoms. The fourth-order valence-electron chi connectivity index (χ4n) is 4.73. The molecule has 0 aliphatic carbocycles. The summed E-state index contributed by atoms with van der Waals surface area (Å²) in [5, 5.41) is 18.7. The molecule has 0 fully saturated rings. The van der Waals surface area contributed by atoms with Crippen molar-refractivity contribution >= 4 is 64.2 Å². The number of carbonyl (C=O) groups excluding carboxylic acids is 1. The molecule has 200 valence electrons. The Bertz CT molecular complexity index is 1620. The third-order valence-electron chi connectivity index (χ3n) is 6.79. The molecule has 1 amide bonds. The zero-order valence-corrected chi connectivity index (χ0v) is 22.9. The molecule has 7 heteroatoms. The Hall–Kier alpha value is -4.59. The maximum atomic E-state index is 12.9. The second-order valence-electron chi connectivity index (χ2n) is 9.71. The van der Waals surface area contributed by atoms with Crippen LogP contribution in [-0.4, -0.2) is 29.2 Å². The molecule has 0 radical (unpaired) electrons. The number of amides is 1. The van der Waals surface area contributed by atoms with Gasteiger partial charge in [0, 0.05) is 27.7 Å². The average Bonchev–Trinajstić information content (AvgIpc) is 3.42. The number of nitrogens with zero attached hydrogens (tertiary/aromatic N) is 1. The normalized spacial score (nSPS) is 13.3. The average molecular weight is 549 g/mol. The van der Waals surface area contributed by atoms with Gasteiger partial charge in [-0.05, 0) is 91.6 Å². The molecule has 0 spiro atoms. The molecule has 1 aliphatic heterocycles. The van der Waals surface area contributed by atoms with Crippen LogP contribution in [0.3, 0.4) is 0 Å². The number of para-hydroxylation sites is 1. The first-order valence-electron chi connectivity index (χ1n) is 13.1. The number of aliphatic carboxylic acids is 1. The largest absolute Gasteiger partial charge is 0.477 e. The van der Waals surface area contributed by atoms with E-state index in [-0.39, 0.29) is 5.57 Å². The van der Waals surface area contributed by atoms with Crippen molar-refractivity contribution in [3.05, 3.63) is 117 Å². The molecular weight excluding hydrogens is 518 g/mol. The van der Waals surface area contributed by atoms with Crippen molar-refractivity contribution in [2.24, 2.45) is 0 Å². The van der Waals surface area contributed by atoms with E-state index in [4.69, 9.17) is 5.41 Å². The first kappa shape index (κ1) is 27.0. The van der Waals surface area contributed by atoms with Gasteiger partial charge in [0.1, 0.15) is 11.3 Å². The second-order valence-corrected chi connectivity index (χ2v) is 10.9. The van der Waals surface area contributed by atoms with Crippen molar-refractivity contribution in [1.82, 2.24) is 0 Å². The van der Waals surface area contributed by atoms with Crippen molar-refractivity contribution in [2.45, 2.75) is 19.8 Å². The van der Waals surface area contributed by atoms with Gasteiger partial charge in [0.25, 0.3) is 0 Å². The van der Waals surface area contributed by atoms with Gasteiger partial charge in [0.2, 0.25) is 0 Å². The SMILES string of the molecule is Cc1ccc(N2CCCc3cc(/C=C/c4ccc(/C=C(/C(=N)C(=O)O)C(=O)[NH2+]c5ccccc5)s4)ccc32)cc1. The molecule has 0 saturated heterocycles. The van der Waals surface area contributed by atoms with Crippen LogP contribution in [0.2, 0.25) is 0 Å². The van der Waals surface area contributed by atoms with E-state index in [1.807, 2.05) is 24.3 Å². The number of nitrogens with one attached hydrogen (secondary N) is 1.